The summed E-state index contributed by atoms with van der Waals surface area (Å²) in [5, 5.41) is 3.65. The molecule has 1 heterocycles. The van der Waals surface area contributed by atoms with Crippen LogP contribution in [-0.4, -0.2) is 35.9 Å². The highest BCUT2D eigenvalue weighted by atomic mass is 32.1. The lowest BCUT2D eigenvalue weighted by Crippen LogP contribution is -2.41. The topological polar surface area (TPSA) is 45.2 Å². The number of carbonyl (C=O) groups is 1. The van der Waals surface area contributed by atoms with Crippen molar-refractivity contribution in [2.24, 2.45) is 0 Å². The molecule has 1 amide bonds. The zero-order chi connectivity index (χ0) is 19.2. The highest BCUT2D eigenvalue weighted by Gasteiger charge is 2.22. The normalized spacial score (nSPS) is 12.1. The minimum absolute atomic E-state index is 0.0272. The number of thiazole rings is 1. The molecule has 1 aromatic heterocycles. The van der Waals surface area contributed by atoms with Gasteiger partial charge in [-0.05, 0) is 44.1 Å². The van der Waals surface area contributed by atoms with Gasteiger partial charge in [-0.1, -0.05) is 54.6 Å². The number of hydrogen-bond donors (Lipinski definition) is 1. The number of nitrogens with one attached hydrogen (secondary N) is 1. The van der Waals surface area contributed by atoms with Crippen molar-refractivity contribution in [3.8, 4) is 0 Å². The van der Waals surface area contributed by atoms with Gasteiger partial charge >= 0.3 is 0 Å². The van der Waals surface area contributed by atoms with Gasteiger partial charge < -0.3 is 5.32 Å². The number of amides is 1. The van der Waals surface area contributed by atoms with Gasteiger partial charge in [0.25, 0.3) is 0 Å². The van der Waals surface area contributed by atoms with Gasteiger partial charge in [-0.3, -0.25) is 9.69 Å². The maximum atomic E-state index is 12.8. The summed E-state index contributed by atoms with van der Waals surface area (Å²) in [5.41, 5.74) is 3.70. The first-order chi connectivity index (χ1) is 13.0. The Morgan fingerprint density at radius 1 is 1.11 bits per heavy atom. The van der Waals surface area contributed by atoms with Crippen molar-refractivity contribution in [2.45, 2.75) is 25.8 Å². The number of benzene rings is 2. The van der Waals surface area contributed by atoms with Crippen molar-refractivity contribution in [1.29, 1.82) is 0 Å². The van der Waals surface area contributed by atoms with E-state index in [9.17, 15) is 4.79 Å². The fourth-order valence-electron chi connectivity index (χ4n) is 2.98. The van der Waals surface area contributed by atoms with E-state index < -0.39 is 0 Å². The predicted octanol–water partition coefficient (Wildman–Crippen LogP) is 4.15. The van der Waals surface area contributed by atoms with Gasteiger partial charge in [-0.15, -0.1) is 11.3 Å². The average Bonchev–Trinajstić information content (AvgIpc) is 3.09. The molecule has 3 rings (SSSR count). The number of carbonyl (C=O) groups excluding carboxylic acids is 1. The lowest BCUT2D eigenvalue weighted by molar-refractivity contribution is -0.120. The number of aromatic nitrogens is 1. The highest BCUT2D eigenvalue weighted by Crippen LogP contribution is 2.23. The Kier molecular flexibility index (Phi) is 6.37. The molecule has 0 aliphatic carbocycles. The molecule has 1 N–H and O–H groups in total. The summed E-state index contributed by atoms with van der Waals surface area (Å²) in [4.78, 5) is 20.3. The second kappa shape index (κ2) is 8.93. The molecule has 27 heavy (non-hydrogen) atoms. The van der Waals surface area contributed by atoms with E-state index in [0.29, 0.717) is 11.6 Å². The standard InChI is InChI=1S/C22H25N3OS/c1-16-9-7-8-12-18(16)14-19-15-23-22(27-19)24-21(26)20(25(2)3)13-17-10-5-4-6-11-17/h4-12,15,20H,13-14H2,1-3H3,(H,23,24,26). The first-order valence-electron chi connectivity index (χ1n) is 9.03. The van der Waals surface area contributed by atoms with Crippen molar-refractivity contribution in [3.63, 3.8) is 0 Å². The summed E-state index contributed by atoms with van der Waals surface area (Å²) in [7, 11) is 3.86. The van der Waals surface area contributed by atoms with Crippen molar-refractivity contribution in [1.82, 2.24) is 9.88 Å². The van der Waals surface area contributed by atoms with Gasteiger partial charge in [-0.25, -0.2) is 4.98 Å². The van der Waals surface area contributed by atoms with E-state index in [1.165, 1.54) is 22.5 Å². The zero-order valence-electron chi connectivity index (χ0n) is 16.0. The van der Waals surface area contributed by atoms with Crippen molar-refractivity contribution in [2.75, 3.05) is 19.4 Å². The van der Waals surface area contributed by atoms with E-state index >= 15 is 0 Å². The number of nitrogens with zero attached hydrogens (tertiary/aromatic N) is 2. The molecule has 0 saturated carbocycles. The van der Waals surface area contributed by atoms with Crippen LogP contribution in [0.5, 0.6) is 0 Å². The van der Waals surface area contributed by atoms with E-state index in [4.69, 9.17) is 0 Å². The lowest BCUT2D eigenvalue weighted by atomic mass is 10.0. The van der Waals surface area contributed by atoms with Gasteiger partial charge in [0, 0.05) is 17.5 Å². The Hall–Kier alpha value is -2.50. The molecule has 4 nitrogen and oxygen atoms in total. The third kappa shape index (κ3) is 5.25. The Labute approximate surface area is 164 Å². The smallest absolute Gasteiger partial charge is 0.243 e. The second-order valence-electron chi connectivity index (χ2n) is 6.89. The quantitative estimate of drug-likeness (QED) is 0.671. The van der Waals surface area contributed by atoms with Crippen LogP contribution in [0.25, 0.3) is 0 Å². The van der Waals surface area contributed by atoms with Crippen LogP contribution < -0.4 is 5.32 Å². The van der Waals surface area contributed by atoms with E-state index in [0.717, 1.165) is 16.9 Å². The van der Waals surface area contributed by atoms with Crippen molar-refractivity contribution >= 4 is 22.4 Å². The van der Waals surface area contributed by atoms with Crippen LogP contribution in [0.2, 0.25) is 0 Å². The molecule has 0 spiro atoms. The molecule has 2 aromatic carbocycles. The largest absolute Gasteiger partial charge is 0.301 e. The summed E-state index contributed by atoms with van der Waals surface area (Å²) in [5.74, 6) is -0.0272. The molecule has 140 valence electrons. The lowest BCUT2D eigenvalue weighted by Gasteiger charge is -2.23. The molecule has 0 aliphatic rings. The molecular formula is C22H25N3OS. The van der Waals surface area contributed by atoms with Crippen LogP contribution in [0.3, 0.4) is 0 Å². The number of rotatable bonds is 7. The summed E-state index contributed by atoms with van der Waals surface area (Å²) < 4.78 is 0. The summed E-state index contributed by atoms with van der Waals surface area (Å²) in [6.07, 6.45) is 3.36. The molecule has 0 radical (unpaired) electrons. The van der Waals surface area contributed by atoms with Crippen molar-refractivity contribution in [3.05, 3.63) is 82.4 Å². The Bertz CT molecular complexity index is 889. The third-order valence-electron chi connectivity index (χ3n) is 4.61. The second-order valence-corrected chi connectivity index (χ2v) is 8.01. The van der Waals surface area contributed by atoms with E-state index in [2.05, 4.69) is 35.4 Å². The predicted molar refractivity (Wildman–Crippen MR) is 112 cm³/mol. The van der Waals surface area contributed by atoms with E-state index in [1.54, 1.807) is 0 Å². The van der Waals surface area contributed by atoms with Crippen LogP contribution in [0.1, 0.15) is 21.6 Å². The van der Waals surface area contributed by atoms with Gasteiger partial charge in [-0.2, -0.15) is 0 Å². The zero-order valence-corrected chi connectivity index (χ0v) is 16.8. The van der Waals surface area contributed by atoms with Gasteiger partial charge in [0.2, 0.25) is 5.91 Å². The van der Waals surface area contributed by atoms with Crippen LogP contribution in [0, 0.1) is 6.92 Å². The monoisotopic (exact) mass is 379 g/mol. The molecule has 1 unspecified atom stereocenters. The third-order valence-corrected chi connectivity index (χ3v) is 5.52. The minimum atomic E-state index is -0.240. The number of likely N-dealkylation sites (N-methyl/N-ethyl adjacent to an activating group) is 1. The summed E-state index contributed by atoms with van der Waals surface area (Å²) in [6.45, 7) is 2.12. The first-order valence-corrected chi connectivity index (χ1v) is 9.85. The molecular weight excluding hydrogens is 354 g/mol. The van der Waals surface area contributed by atoms with Crippen LogP contribution in [0.15, 0.2) is 60.8 Å². The molecule has 1 atom stereocenters. The van der Waals surface area contributed by atoms with Gasteiger partial charge in [0.05, 0.1) is 6.04 Å². The fraction of sp³-hybridized carbons (Fsp3) is 0.273. The Balaban J connectivity index is 1.66. The molecule has 0 aliphatic heterocycles. The molecule has 0 bridgehead atoms. The minimum Gasteiger partial charge on any atom is -0.301 e. The van der Waals surface area contributed by atoms with Crippen molar-refractivity contribution < 1.29 is 4.79 Å². The first kappa shape index (κ1) is 19.3. The maximum absolute atomic E-state index is 12.8. The fourth-order valence-corrected chi connectivity index (χ4v) is 3.82. The molecule has 0 saturated heterocycles. The van der Waals surface area contributed by atoms with Crippen LogP contribution in [0.4, 0.5) is 5.13 Å². The molecule has 3 aromatic rings. The number of hydrogen-bond acceptors (Lipinski definition) is 4. The number of aryl methyl sites for hydroxylation is 1. The highest BCUT2D eigenvalue weighted by molar-refractivity contribution is 7.15. The average molecular weight is 380 g/mol. The summed E-state index contributed by atoms with van der Waals surface area (Å²) >= 11 is 1.54. The van der Waals surface area contributed by atoms with Gasteiger partial charge in [0.1, 0.15) is 0 Å². The molecule has 0 fully saturated rings. The molecule has 5 heteroatoms. The number of anilines is 1. The Morgan fingerprint density at radius 3 is 2.52 bits per heavy atom. The van der Waals surface area contributed by atoms with Crippen LogP contribution >= 0.6 is 11.3 Å². The summed E-state index contributed by atoms with van der Waals surface area (Å²) in [6, 6.07) is 18.2. The van der Waals surface area contributed by atoms with E-state index in [-0.39, 0.29) is 11.9 Å². The maximum Gasteiger partial charge on any atom is 0.243 e. The van der Waals surface area contributed by atoms with Crippen LogP contribution in [-0.2, 0) is 17.6 Å². The SMILES string of the molecule is Cc1ccccc1Cc1cnc(NC(=O)C(Cc2ccccc2)N(C)C)s1. The van der Waals surface area contributed by atoms with E-state index in [1.807, 2.05) is 61.6 Å². The van der Waals surface area contributed by atoms with Gasteiger partial charge in [0.15, 0.2) is 5.13 Å². The Morgan fingerprint density at radius 2 is 1.81 bits per heavy atom.